The van der Waals surface area contributed by atoms with Gasteiger partial charge in [-0.3, -0.25) is 4.79 Å². The maximum atomic E-state index is 12.4. The molecule has 4 aromatic rings. The summed E-state index contributed by atoms with van der Waals surface area (Å²) >= 11 is 0. The minimum absolute atomic E-state index is 0.223. The fourth-order valence-electron chi connectivity index (χ4n) is 3.56. The highest BCUT2D eigenvalue weighted by atomic mass is 16.5. The lowest BCUT2D eigenvalue weighted by molar-refractivity contribution is -0.124. The lowest BCUT2D eigenvalue weighted by Gasteiger charge is -2.16. The first-order valence-corrected chi connectivity index (χ1v) is 10.1. The third-order valence-electron chi connectivity index (χ3n) is 5.31. The van der Waals surface area contributed by atoms with Crippen molar-refractivity contribution in [3.63, 3.8) is 0 Å². The quantitative estimate of drug-likeness (QED) is 0.490. The van der Waals surface area contributed by atoms with E-state index < -0.39 is 5.97 Å². The van der Waals surface area contributed by atoms with Gasteiger partial charge in [0.1, 0.15) is 0 Å². The van der Waals surface area contributed by atoms with Crippen molar-refractivity contribution >= 4 is 33.7 Å². The second kappa shape index (κ2) is 8.52. The van der Waals surface area contributed by atoms with Crippen molar-refractivity contribution in [2.75, 3.05) is 6.61 Å². The minimum Gasteiger partial charge on any atom is -0.452 e. The van der Waals surface area contributed by atoms with Gasteiger partial charge in [-0.2, -0.15) is 0 Å². The third kappa shape index (κ3) is 4.38. The van der Waals surface area contributed by atoms with Crippen molar-refractivity contribution in [2.24, 2.45) is 0 Å². The molecule has 0 aliphatic carbocycles. The molecule has 6 heteroatoms. The van der Waals surface area contributed by atoms with E-state index in [2.05, 4.69) is 15.3 Å². The normalized spacial score (nSPS) is 12.0. The number of aromatic nitrogens is 2. The van der Waals surface area contributed by atoms with Crippen LogP contribution in [0.15, 0.2) is 60.7 Å². The van der Waals surface area contributed by atoms with Crippen molar-refractivity contribution in [1.82, 2.24) is 15.3 Å². The molecule has 0 aliphatic heterocycles. The molecule has 0 bridgehead atoms. The van der Waals surface area contributed by atoms with Crippen LogP contribution in [0, 0.1) is 13.8 Å². The first kappa shape index (κ1) is 20.5. The Morgan fingerprint density at radius 3 is 2.45 bits per heavy atom. The van der Waals surface area contributed by atoms with Crippen LogP contribution in [-0.2, 0) is 9.53 Å². The molecule has 4 rings (SSSR count). The molecule has 1 amide bonds. The maximum Gasteiger partial charge on any atom is 0.338 e. The number of ether oxygens (including phenoxy) is 1. The second-order valence-electron chi connectivity index (χ2n) is 7.53. The highest BCUT2D eigenvalue weighted by Gasteiger charge is 2.15. The van der Waals surface area contributed by atoms with E-state index in [0.29, 0.717) is 16.6 Å². The Kier molecular flexibility index (Phi) is 5.62. The number of benzene rings is 3. The average molecular weight is 413 g/mol. The average Bonchev–Trinajstić information content (AvgIpc) is 2.77. The Bertz CT molecular complexity index is 1290. The number of carbonyl (C=O) groups excluding carboxylic acids is 2. The van der Waals surface area contributed by atoms with Gasteiger partial charge in [-0.1, -0.05) is 42.5 Å². The number of aryl methyl sites for hydroxylation is 2. The summed E-state index contributed by atoms with van der Waals surface area (Å²) in [6.07, 6.45) is 0. The number of hydrogen-bond donors (Lipinski definition) is 1. The molecule has 3 aromatic carbocycles. The summed E-state index contributed by atoms with van der Waals surface area (Å²) in [7, 11) is 0. The molecule has 0 fully saturated rings. The van der Waals surface area contributed by atoms with E-state index in [1.165, 1.54) is 0 Å². The molecule has 0 unspecified atom stereocenters. The summed E-state index contributed by atoms with van der Waals surface area (Å²) in [5.74, 6) is -0.935. The molecular formula is C25H23N3O3. The van der Waals surface area contributed by atoms with Gasteiger partial charge in [0.25, 0.3) is 5.91 Å². The van der Waals surface area contributed by atoms with Crippen LogP contribution in [0.3, 0.4) is 0 Å². The zero-order chi connectivity index (χ0) is 22.0. The highest BCUT2D eigenvalue weighted by molar-refractivity contribution is 5.95. The summed E-state index contributed by atoms with van der Waals surface area (Å²) < 4.78 is 5.22. The predicted octanol–water partition coefficient (Wildman–Crippen LogP) is 4.43. The number of amides is 1. The molecule has 0 aliphatic rings. The van der Waals surface area contributed by atoms with Gasteiger partial charge >= 0.3 is 5.97 Å². The van der Waals surface area contributed by atoms with Gasteiger partial charge in [-0.05, 0) is 55.3 Å². The Morgan fingerprint density at radius 2 is 1.65 bits per heavy atom. The van der Waals surface area contributed by atoms with Crippen LogP contribution in [0.25, 0.3) is 21.8 Å². The van der Waals surface area contributed by atoms with Gasteiger partial charge in [0, 0.05) is 0 Å². The summed E-state index contributed by atoms with van der Waals surface area (Å²) in [5, 5.41) is 5.09. The van der Waals surface area contributed by atoms with Gasteiger partial charge in [-0.25, -0.2) is 14.8 Å². The number of nitrogens with zero attached hydrogens (tertiary/aromatic N) is 2. The molecule has 0 saturated heterocycles. The maximum absolute atomic E-state index is 12.4. The van der Waals surface area contributed by atoms with Crippen molar-refractivity contribution < 1.29 is 14.3 Å². The Balaban J connectivity index is 1.41. The second-order valence-corrected chi connectivity index (χ2v) is 7.53. The van der Waals surface area contributed by atoms with Crippen molar-refractivity contribution in [3.05, 3.63) is 83.2 Å². The van der Waals surface area contributed by atoms with E-state index >= 15 is 0 Å². The van der Waals surface area contributed by atoms with Gasteiger partial charge in [0.05, 0.1) is 34.0 Å². The van der Waals surface area contributed by atoms with Gasteiger partial charge in [-0.15, -0.1) is 0 Å². The Morgan fingerprint density at radius 1 is 0.935 bits per heavy atom. The molecule has 0 spiro atoms. The Labute approximate surface area is 180 Å². The number of esters is 1. The fourth-order valence-corrected chi connectivity index (χ4v) is 3.56. The SMILES string of the molecule is Cc1nc2ccc(C(=O)OCC(=O)N[C@@H](C)c3cccc4ccccc34)cc2nc1C. The lowest BCUT2D eigenvalue weighted by atomic mass is 10.00. The molecule has 1 aromatic heterocycles. The van der Waals surface area contributed by atoms with Crippen LogP contribution in [0.4, 0.5) is 0 Å². The zero-order valence-corrected chi connectivity index (χ0v) is 17.7. The molecule has 0 radical (unpaired) electrons. The van der Waals surface area contributed by atoms with Gasteiger partial charge < -0.3 is 10.1 Å². The van der Waals surface area contributed by atoms with Crippen LogP contribution >= 0.6 is 0 Å². The van der Waals surface area contributed by atoms with Crippen LogP contribution in [0.5, 0.6) is 0 Å². The molecule has 1 atom stereocenters. The molecule has 31 heavy (non-hydrogen) atoms. The van der Waals surface area contributed by atoms with E-state index in [9.17, 15) is 9.59 Å². The largest absolute Gasteiger partial charge is 0.452 e. The molecule has 156 valence electrons. The zero-order valence-electron chi connectivity index (χ0n) is 17.7. The van der Waals surface area contributed by atoms with Crippen LogP contribution < -0.4 is 5.32 Å². The molecule has 6 nitrogen and oxygen atoms in total. The molecule has 1 heterocycles. The van der Waals surface area contributed by atoms with Crippen molar-refractivity contribution in [3.8, 4) is 0 Å². The van der Waals surface area contributed by atoms with Gasteiger partial charge in [0.15, 0.2) is 6.61 Å². The number of carbonyl (C=O) groups is 2. The minimum atomic E-state index is -0.574. The Hall–Kier alpha value is -3.80. The van der Waals surface area contributed by atoms with E-state index in [4.69, 9.17) is 4.74 Å². The number of fused-ring (bicyclic) bond motifs is 2. The summed E-state index contributed by atoms with van der Waals surface area (Å²) in [5.41, 5.74) is 4.32. The number of nitrogens with one attached hydrogen (secondary N) is 1. The topological polar surface area (TPSA) is 81.2 Å². The summed E-state index contributed by atoms with van der Waals surface area (Å²) in [4.78, 5) is 33.7. The fraction of sp³-hybridized carbons (Fsp3) is 0.200. The monoisotopic (exact) mass is 413 g/mol. The van der Waals surface area contributed by atoms with E-state index in [1.807, 2.05) is 63.2 Å². The number of rotatable bonds is 5. The van der Waals surface area contributed by atoms with Crippen LogP contribution in [0.2, 0.25) is 0 Å². The van der Waals surface area contributed by atoms with Crippen LogP contribution in [-0.4, -0.2) is 28.5 Å². The summed E-state index contributed by atoms with van der Waals surface area (Å²) in [6, 6.07) is 18.8. The predicted molar refractivity (Wildman–Crippen MR) is 120 cm³/mol. The van der Waals surface area contributed by atoms with Gasteiger partial charge in [0.2, 0.25) is 0 Å². The van der Waals surface area contributed by atoms with E-state index in [0.717, 1.165) is 27.7 Å². The highest BCUT2D eigenvalue weighted by Crippen LogP contribution is 2.24. The van der Waals surface area contributed by atoms with Crippen LogP contribution in [0.1, 0.15) is 40.3 Å². The smallest absolute Gasteiger partial charge is 0.338 e. The first-order chi connectivity index (χ1) is 14.9. The lowest BCUT2D eigenvalue weighted by Crippen LogP contribution is -2.31. The first-order valence-electron chi connectivity index (χ1n) is 10.1. The molecule has 0 saturated carbocycles. The van der Waals surface area contributed by atoms with Crippen molar-refractivity contribution in [1.29, 1.82) is 0 Å². The molecular weight excluding hydrogens is 390 g/mol. The van der Waals surface area contributed by atoms with E-state index in [-0.39, 0.29) is 18.6 Å². The third-order valence-corrected chi connectivity index (χ3v) is 5.31. The molecule has 1 N–H and O–H groups in total. The number of hydrogen-bond acceptors (Lipinski definition) is 5. The standard InChI is InChI=1S/C25H23N3O3/c1-15-16(2)27-23-13-19(11-12-22(23)26-15)25(30)31-14-24(29)28-17(3)20-10-6-8-18-7-4-5-9-21(18)20/h4-13,17H,14H2,1-3H3,(H,28,29)/t17-/m0/s1. The summed E-state index contributed by atoms with van der Waals surface area (Å²) in [6.45, 7) is 5.31. The van der Waals surface area contributed by atoms with Crippen molar-refractivity contribution in [2.45, 2.75) is 26.8 Å². The van der Waals surface area contributed by atoms with E-state index in [1.54, 1.807) is 18.2 Å².